The number of hydrogen-bond acceptors (Lipinski definition) is 3. The van der Waals surface area contributed by atoms with Crippen molar-refractivity contribution in [3.63, 3.8) is 0 Å². The van der Waals surface area contributed by atoms with Crippen LogP contribution in [0.4, 0.5) is 0 Å². The first-order chi connectivity index (χ1) is 9.22. The summed E-state index contributed by atoms with van der Waals surface area (Å²) < 4.78 is 0. The predicted octanol–water partition coefficient (Wildman–Crippen LogP) is 1.67. The molecule has 4 nitrogen and oxygen atoms in total. The van der Waals surface area contributed by atoms with Crippen molar-refractivity contribution in [3.8, 4) is 0 Å². The second kappa shape index (κ2) is 7.25. The van der Waals surface area contributed by atoms with Gasteiger partial charge in [0.2, 0.25) is 5.91 Å². The third-order valence-electron chi connectivity index (χ3n) is 4.71. The van der Waals surface area contributed by atoms with E-state index < -0.39 is 0 Å². The zero-order chi connectivity index (χ0) is 13.7. The van der Waals surface area contributed by atoms with Crippen LogP contribution in [0.5, 0.6) is 0 Å². The molecule has 4 heteroatoms. The quantitative estimate of drug-likeness (QED) is 0.815. The highest BCUT2D eigenvalue weighted by atomic mass is 16.3. The summed E-state index contributed by atoms with van der Waals surface area (Å²) in [6.45, 7) is 3.09. The zero-order valence-corrected chi connectivity index (χ0v) is 12.1. The molecule has 1 heterocycles. The molecule has 2 rings (SSSR count). The first-order valence-corrected chi connectivity index (χ1v) is 7.89. The Bertz CT molecular complexity index is 290. The molecule has 0 aromatic rings. The second-order valence-corrected chi connectivity index (χ2v) is 6.09. The van der Waals surface area contributed by atoms with Crippen molar-refractivity contribution in [1.82, 2.24) is 10.2 Å². The SMILES string of the molecule is CC(C(=O)NC1CCCC1)N1CCCCCC1CO. The minimum absolute atomic E-state index is 0.115. The highest BCUT2D eigenvalue weighted by Gasteiger charge is 2.30. The lowest BCUT2D eigenvalue weighted by atomic mass is 10.1. The number of likely N-dealkylation sites (tertiary alicyclic amines) is 1. The molecule has 2 fully saturated rings. The molecule has 1 saturated carbocycles. The lowest BCUT2D eigenvalue weighted by Gasteiger charge is -2.33. The Morgan fingerprint density at radius 2 is 1.89 bits per heavy atom. The number of nitrogens with zero attached hydrogens (tertiary/aromatic N) is 1. The van der Waals surface area contributed by atoms with Gasteiger partial charge in [0.1, 0.15) is 0 Å². The molecule has 0 spiro atoms. The van der Waals surface area contributed by atoms with Gasteiger partial charge in [-0.3, -0.25) is 9.69 Å². The summed E-state index contributed by atoms with van der Waals surface area (Å²) >= 11 is 0. The molecule has 0 aromatic heterocycles. The van der Waals surface area contributed by atoms with Gasteiger partial charge >= 0.3 is 0 Å². The number of aliphatic hydroxyl groups is 1. The molecule has 1 aliphatic carbocycles. The van der Waals surface area contributed by atoms with Crippen molar-refractivity contribution in [1.29, 1.82) is 0 Å². The van der Waals surface area contributed by atoms with Gasteiger partial charge in [-0.15, -0.1) is 0 Å². The molecular weight excluding hydrogens is 240 g/mol. The fourth-order valence-electron chi connectivity index (χ4n) is 3.45. The smallest absolute Gasteiger partial charge is 0.237 e. The van der Waals surface area contributed by atoms with Gasteiger partial charge in [-0.25, -0.2) is 0 Å². The molecule has 0 bridgehead atoms. The molecule has 1 saturated heterocycles. The summed E-state index contributed by atoms with van der Waals surface area (Å²) in [7, 11) is 0. The number of carbonyl (C=O) groups is 1. The van der Waals surface area contributed by atoms with Gasteiger partial charge < -0.3 is 10.4 Å². The van der Waals surface area contributed by atoms with Crippen LogP contribution in [0.2, 0.25) is 0 Å². The van der Waals surface area contributed by atoms with E-state index in [2.05, 4.69) is 10.2 Å². The Balaban J connectivity index is 1.91. The van der Waals surface area contributed by atoms with Crippen molar-refractivity contribution in [3.05, 3.63) is 0 Å². The van der Waals surface area contributed by atoms with E-state index in [-0.39, 0.29) is 24.6 Å². The van der Waals surface area contributed by atoms with E-state index in [0.29, 0.717) is 6.04 Å². The van der Waals surface area contributed by atoms with Gasteiger partial charge in [0.05, 0.1) is 12.6 Å². The molecule has 1 aliphatic heterocycles. The van der Waals surface area contributed by atoms with Crippen molar-refractivity contribution >= 4 is 5.91 Å². The Morgan fingerprint density at radius 1 is 1.21 bits per heavy atom. The Kier molecular flexibility index (Phi) is 5.64. The molecular formula is C15H28N2O2. The Morgan fingerprint density at radius 3 is 2.58 bits per heavy atom. The maximum atomic E-state index is 12.3. The van der Waals surface area contributed by atoms with Crippen LogP contribution in [0.1, 0.15) is 58.3 Å². The van der Waals surface area contributed by atoms with E-state index in [4.69, 9.17) is 0 Å². The molecule has 2 aliphatic rings. The highest BCUT2D eigenvalue weighted by Crippen LogP contribution is 2.21. The Labute approximate surface area is 116 Å². The summed E-state index contributed by atoms with van der Waals surface area (Å²) in [6, 6.07) is 0.428. The lowest BCUT2D eigenvalue weighted by Crippen LogP contribution is -2.52. The number of carbonyl (C=O) groups excluding carboxylic acids is 1. The topological polar surface area (TPSA) is 52.6 Å². The number of hydrogen-bond donors (Lipinski definition) is 2. The molecule has 1 amide bonds. The maximum Gasteiger partial charge on any atom is 0.237 e. The Hall–Kier alpha value is -0.610. The molecule has 0 radical (unpaired) electrons. The van der Waals surface area contributed by atoms with E-state index in [9.17, 15) is 9.90 Å². The van der Waals surface area contributed by atoms with Crippen LogP contribution in [0, 0.1) is 0 Å². The number of amides is 1. The number of nitrogens with one attached hydrogen (secondary N) is 1. The summed E-state index contributed by atoms with van der Waals surface area (Å²) in [5, 5.41) is 12.7. The summed E-state index contributed by atoms with van der Waals surface area (Å²) in [4.78, 5) is 14.5. The van der Waals surface area contributed by atoms with Gasteiger partial charge in [0, 0.05) is 12.1 Å². The van der Waals surface area contributed by atoms with E-state index >= 15 is 0 Å². The van der Waals surface area contributed by atoms with Crippen LogP contribution in [0.15, 0.2) is 0 Å². The highest BCUT2D eigenvalue weighted by molar-refractivity contribution is 5.81. The summed E-state index contributed by atoms with van der Waals surface area (Å²) in [6.07, 6.45) is 9.26. The zero-order valence-electron chi connectivity index (χ0n) is 12.1. The average Bonchev–Trinajstić information content (AvgIpc) is 2.80. The van der Waals surface area contributed by atoms with Crippen LogP contribution in [-0.4, -0.2) is 47.2 Å². The van der Waals surface area contributed by atoms with Gasteiger partial charge in [0.25, 0.3) is 0 Å². The van der Waals surface area contributed by atoms with Gasteiger partial charge in [0.15, 0.2) is 0 Å². The summed E-state index contributed by atoms with van der Waals surface area (Å²) in [5.41, 5.74) is 0. The standard InChI is InChI=1S/C15H28N2O2/c1-12(15(19)16-13-7-4-5-8-13)17-10-6-2-3-9-14(17)11-18/h12-14,18H,2-11H2,1H3,(H,16,19). The van der Waals surface area contributed by atoms with Gasteiger partial charge in [-0.05, 0) is 39.2 Å². The molecule has 2 N–H and O–H groups in total. The van der Waals surface area contributed by atoms with E-state index in [1.54, 1.807) is 0 Å². The molecule has 2 unspecified atom stereocenters. The maximum absolute atomic E-state index is 12.3. The molecule has 110 valence electrons. The fourth-order valence-corrected chi connectivity index (χ4v) is 3.45. The van der Waals surface area contributed by atoms with Crippen LogP contribution in [-0.2, 0) is 4.79 Å². The lowest BCUT2D eigenvalue weighted by molar-refractivity contribution is -0.127. The number of rotatable bonds is 4. The molecule has 0 aromatic carbocycles. The molecule has 2 atom stereocenters. The number of aliphatic hydroxyl groups excluding tert-OH is 1. The average molecular weight is 268 g/mol. The van der Waals surface area contributed by atoms with Crippen LogP contribution < -0.4 is 5.32 Å². The van der Waals surface area contributed by atoms with E-state index in [1.165, 1.54) is 25.7 Å². The monoisotopic (exact) mass is 268 g/mol. The van der Waals surface area contributed by atoms with E-state index in [0.717, 1.165) is 32.2 Å². The first-order valence-electron chi connectivity index (χ1n) is 7.89. The second-order valence-electron chi connectivity index (χ2n) is 6.09. The van der Waals surface area contributed by atoms with Crippen molar-refractivity contribution < 1.29 is 9.90 Å². The third-order valence-corrected chi connectivity index (χ3v) is 4.71. The van der Waals surface area contributed by atoms with Gasteiger partial charge in [-0.1, -0.05) is 25.7 Å². The van der Waals surface area contributed by atoms with Crippen molar-refractivity contribution in [2.75, 3.05) is 13.2 Å². The predicted molar refractivity (Wildman–Crippen MR) is 75.9 cm³/mol. The fraction of sp³-hybridized carbons (Fsp3) is 0.933. The minimum Gasteiger partial charge on any atom is -0.395 e. The summed E-state index contributed by atoms with van der Waals surface area (Å²) in [5.74, 6) is 0.146. The third kappa shape index (κ3) is 3.93. The van der Waals surface area contributed by atoms with E-state index in [1.807, 2.05) is 6.92 Å². The van der Waals surface area contributed by atoms with Crippen molar-refractivity contribution in [2.24, 2.45) is 0 Å². The first kappa shape index (κ1) is 14.8. The van der Waals surface area contributed by atoms with Gasteiger partial charge in [-0.2, -0.15) is 0 Å². The van der Waals surface area contributed by atoms with Crippen molar-refractivity contribution in [2.45, 2.75) is 76.4 Å². The van der Waals surface area contributed by atoms with Crippen LogP contribution in [0.3, 0.4) is 0 Å². The largest absolute Gasteiger partial charge is 0.395 e. The molecule has 19 heavy (non-hydrogen) atoms. The van der Waals surface area contributed by atoms with Crippen LogP contribution >= 0.6 is 0 Å². The normalized spacial score (nSPS) is 28.0. The minimum atomic E-state index is -0.115. The van der Waals surface area contributed by atoms with Crippen LogP contribution in [0.25, 0.3) is 0 Å².